The Hall–Kier alpha value is -1.10. The summed E-state index contributed by atoms with van der Waals surface area (Å²) < 4.78 is 67.8. The van der Waals surface area contributed by atoms with E-state index in [0.29, 0.717) is 35.0 Å². The maximum atomic E-state index is 12.9. The number of aryl methyl sites for hydroxylation is 3. The van der Waals surface area contributed by atoms with Gasteiger partial charge in [-0.25, -0.2) is 0 Å². The number of rotatable bonds is 7. The van der Waals surface area contributed by atoms with E-state index in [9.17, 15) is 21.6 Å². The second kappa shape index (κ2) is 8.73. The number of halogens is 4. The molecule has 0 amide bonds. The highest BCUT2D eigenvalue weighted by Crippen LogP contribution is 2.40. The molecule has 0 N–H and O–H groups in total. The summed E-state index contributed by atoms with van der Waals surface area (Å²) in [4.78, 5) is 4.43. The molecule has 2 aromatic rings. The van der Waals surface area contributed by atoms with E-state index in [2.05, 4.69) is 38.7 Å². The van der Waals surface area contributed by atoms with Gasteiger partial charge in [-0.3, -0.25) is 4.98 Å². The van der Waals surface area contributed by atoms with Gasteiger partial charge in [0.2, 0.25) is 0 Å². The van der Waals surface area contributed by atoms with E-state index < -0.39 is 15.6 Å². The number of hydrogen-bond donors (Lipinski definition) is 0. The van der Waals surface area contributed by atoms with E-state index in [1.54, 1.807) is 20.0 Å². The Balaban J connectivity index is 2.73. The van der Waals surface area contributed by atoms with Gasteiger partial charge in [-0.1, -0.05) is 26.2 Å². The molecule has 0 aliphatic rings. The van der Waals surface area contributed by atoms with Crippen molar-refractivity contribution >= 4 is 43.6 Å². The van der Waals surface area contributed by atoms with Crippen LogP contribution in [0.2, 0.25) is 0 Å². The van der Waals surface area contributed by atoms with Crippen molar-refractivity contribution in [3.05, 3.63) is 32.0 Å². The van der Waals surface area contributed by atoms with Crippen LogP contribution < -0.4 is 4.18 Å². The van der Waals surface area contributed by atoms with Crippen LogP contribution in [-0.4, -0.2) is 18.9 Å². The summed E-state index contributed by atoms with van der Waals surface area (Å²) in [5.41, 5.74) is -2.55. The molecule has 0 saturated carbocycles. The van der Waals surface area contributed by atoms with Crippen molar-refractivity contribution in [3.8, 4) is 5.75 Å². The molecule has 2 rings (SSSR count). The van der Waals surface area contributed by atoms with Crippen molar-refractivity contribution in [1.82, 2.24) is 4.98 Å². The van der Waals surface area contributed by atoms with Crippen LogP contribution in [0.5, 0.6) is 5.75 Å². The lowest BCUT2D eigenvalue weighted by atomic mass is 9.93. The zero-order valence-corrected chi connectivity index (χ0v) is 19.2. The molecule has 9 heteroatoms. The second-order valence-electron chi connectivity index (χ2n) is 6.81. The van der Waals surface area contributed by atoms with E-state index in [0.717, 1.165) is 33.8 Å². The van der Waals surface area contributed by atoms with E-state index in [1.165, 1.54) is 0 Å². The highest BCUT2D eigenvalue weighted by molar-refractivity contribution is 14.1. The minimum Gasteiger partial charge on any atom is -0.375 e. The predicted octanol–water partition coefficient (Wildman–Crippen LogP) is 6.12. The first-order chi connectivity index (χ1) is 12.9. The number of pyridine rings is 1. The Kier molecular flexibility index (Phi) is 7.22. The van der Waals surface area contributed by atoms with Gasteiger partial charge in [0.15, 0.2) is 5.75 Å². The molecule has 0 aliphatic carbocycles. The summed E-state index contributed by atoms with van der Waals surface area (Å²) >= 11 is 2.16. The normalized spacial score (nSPS) is 12.6. The predicted molar refractivity (Wildman–Crippen MR) is 112 cm³/mol. The summed E-state index contributed by atoms with van der Waals surface area (Å²) in [6.07, 6.45) is 5.64. The molecule has 1 aromatic carbocycles. The summed E-state index contributed by atoms with van der Waals surface area (Å²) in [7, 11) is -5.76. The molecule has 1 aromatic heterocycles. The van der Waals surface area contributed by atoms with Crippen LogP contribution in [0.4, 0.5) is 13.2 Å². The zero-order chi connectivity index (χ0) is 21.3. The Morgan fingerprint density at radius 3 is 2.29 bits per heavy atom. The van der Waals surface area contributed by atoms with Crippen molar-refractivity contribution in [2.45, 2.75) is 65.3 Å². The van der Waals surface area contributed by atoms with Gasteiger partial charge in [0.05, 0.1) is 5.52 Å². The fourth-order valence-corrected chi connectivity index (χ4v) is 4.14. The number of alkyl halides is 3. The first-order valence-electron chi connectivity index (χ1n) is 9.00. The Morgan fingerprint density at radius 1 is 1.07 bits per heavy atom. The van der Waals surface area contributed by atoms with Gasteiger partial charge in [0, 0.05) is 20.7 Å². The molecule has 1 heterocycles. The number of fused-ring (bicyclic) bond motifs is 1. The van der Waals surface area contributed by atoms with Crippen LogP contribution in [0.25, 0.3) is 10.9 Å². The smallest absolute Gasteiger partial charge is 0.375 e. The first kappa shape index (κ1) is 23.2. The Labute approximate surface area is 177 Å². The molecular weight excluding hydrogens is 506 g/mol. The second-order valence-corrected chi connectivity index (χ2v) is 9.51. The van der Waals surface area contributed by atoms with Crippen LogP contribution in [0, 0.1) is 24.3 Å². The highest BCUT2D eigenvalue weighted by atomic mass is 127. The topological polar surface area (TPSA) is 56.3 Å². The Bertz CT molecular complexity index is 989. The molecule has 0 saturated heterocycles. The quantitative estimate of drug-likeness (QED) is 0.188. The van der Waals surface area contributed by atoms with Crippen molar-refractivity contribution in [2.75, 3.05) is 0 Å². The van der Waals surface area contributed by atoms with Crippen molar-refractivity contribution in [3.63, 3.8) is 0 Å². The third kappa shape index (κ3) is 4.55. The SMILES string of the molecule is CCCCCCc1c(OS(=O)(=O)C(F)(F)F)c(C)c(C)c2c(C)c(I)cnc12. The lowest BCUT2D eigenvalue weighted by Crippen LogP contribution is -2.29. The standard InChI is InChI=1S/C19H23F3INO3S/c1-5-6-7-8-9-14-17-16(13(4)15(23)10-24-17)11(2)12(3)18(14)27-28(25,26)19(20,21)22/h10H,5-9H2,1-4H3. The maximum absolute atomic E-state index is 12.9. The summed E-state index contributed by atoms with van der Waals surface area (Å²) in [5, 5.41) is 0.839. The lowest BCUT2D eigenvalue weighted by Gasteiger charge is -2.20. The van der Waals surface area contributed by atoms with Crippen LogP contribution in [0.15, 0.2) is 6.20 Å². The maximum Gasteiger partial charge on any atom is 0.534 e. The first-order valence-corrected chi connectivity index (χ1v) is 11.5. The molecule has 0 fully saturated rings. The largest absolute Gasteiger partial charge is 0.534 e. The van der Waals surface area contributed by atoms with E-state index in [-0.39, 0.29) is 5.75 Å². The average molecular weight is 529 g/mol. The van der Waals surface area contributed by atoms with Gasteiger partial charge >= 0.3 is 15.6 Å². The molecular formula is C19H23F3INO3S. The molecule has 0 spiro atoms. The highest BCUT2D eigenvalue weighted by Gasteiger charge is 2.49. The number of aromatic nitrogens is 1. The van der Waals surface area contributed by atoms with Gasteiger partial charge in [0.25, 0.3) is 0 Å². The van der Waals surface area contributed by atoms with Crippen LogP contribution in [0.1, 0.15) is 54.9 Å². The third-order valence-electron chi connectivity index (χ3n) is 4.87. The third-order valence-corrected chi connectivity index (χ3v) is 6.91. The van der Waals surface area contributed by atoms with Crippen LogP contribution in [0.3, 0.4) is 0 Å². The summed E-state index contributed by atoms with van der Waals surface area (Å²) in [5.74, 6) is -0.244. The average Bonchev–Trinajstić information content (AvgIpc) is 2.60. The molecule has 0 bridgehead atoms. The molecule has 0 unspecified atom stereocenters. The monoisotopic (exact) mass is 529 g/mol. The fourth-order valence-electron chi connectivity index (χ4n) is 3.19. The minimum atomic E-state index is -5.76. The van der Waals surface area contributed by atoms with Crippen molar-refractivity contribution in [2.24, 2.45) is 0 Å². The van der Waals surface area contributed by atoms with Crippen LogP contribution in [-0.2, 0) is 16.5 Å². The van der Waals surface area contributed by atoms with Gasteiger partial charge in [-0.2, -0.15) is 21.6 Å². The van der Waals surface area contributed by atoms with E-state index in [1.807, 2.05) is 6.92 Å². The molecule has 0 aliphatic heterocycles. The number of benzene rings is 1. The van der Waals surface area contributed by atoms with E-state index >= 15 is 0 Å². The van der Waals surface area contributed by atoms with Crippen LogP contribution >= 0.6 is 22.6 Å². The van der Waals surface area contributed by atoms with Gasteiger partial charge in [-0.15, -0.1) is 0 Å². The van der Waals surface area contributed by atoms with Crippen molar-refractivity contribution in [1.29, 1.82) is 0 Å². The van der Waals surface area contributed by atoms with Crippen molar-refractivity contribution < 1.29 is 25.8 Å². The van der Waals surface area contributed by atoms with E-state index in [4.69, 9.17) is 0 Å². The summed E-state index contributed by atoms with van der Waals surface area (Å²) in [6.45, 7) is 7.32. The number of hydrogen-bond acceptors (Lipinski definition) is 4. The fraction of sp³-hybridized carbons (Fsp3) is 0.526. The molecule has 0 atom stereocenters. The lowest BCUT2D eigenvalue weighted by molar-refractivity contribution is -0.0500. The van der Waals surface area contributed by atoms with Gasteiger partial charge in [-0.05, 0) is 72.9 Å². The summed E-state index contributed by atoms with van der Waals surface area (Å²) in [6, 6.07) is 0. The Morgan fingerprint density at radius 2 is 1.71 bits per heavy atom. The van der Waals surface area contributed by atoms with Gasteiger partial charge in [0.1, 0.15) is 0 Å². The zero-order valence-electron chi connectivity index (χ0n) is 16.2. The molecule has 4 nitrogen and oxygen atoms in total. The molecule has 0 radical (unpaired) electrons. The minimum absolute atomic E-state index is 0.244. The molecule has 28 heavy (non-hydrogen) atoms. The molecule has 156 valence electrons. The number of unbranched alkanes of at least 4 members (excludes halogenated alkanes) is 3. The number of nitrogens with zero attached hydrogens (tertiary/aromatic N) is 1. The van der Waals surface area contributed by atoms with Gasteiger partial charge < -0.3 is 4.18 Å².